The van der Waals surface area contributed by atoms with Crippen LogP contribution in [0.15, 0.2) is 24.3 Å². The monoisotopic (exact) mass is 205 g/mol. The van der Waals surface area contributed by atoms with E-state index in [9.17, 15) is 5.11 Å². The Bertz CT molecular complexity index is 324. The van der Waals surface area contributed by atoms with Crippen LogP contribution in [0.4, 0.5) is 5.69 Å². The zero-order chi connectivity index (χ0) is 10.7. The van der Waals surface area contributed by atoms with Gasteiger partial charge in [-0.05, 0) is 30.9 Å². The van der Waals surface area contributed by atoms with Crippen LogP contribution in [0.25, 0.3) is 0 Å². The highest BCUT2D eigenvalue weighted by Crippen LogP contribution is 2.28. The molecule has 1 aliphatic heterocycles. The number of rotatable bonds is 3. The highest BCUT2D eigenvalue weighted by atomic mass is 16.3. The molecule has 0 bridgehead atoms. The minimum atomic E-state index is 0.276. The normalized spacial score (nSPS) is 20.9. The topological polar surface area (TPSA) is 23.5 Å². The fourth-order valence-corrected chi connectivity index (χ4v) is 2.43. The van der Waals surface area contributed by atoms with Gasteiger partial charge in [0.2, 0.25) is 0 Å². The molecule has 2 nitrogen and oxygen atoms in total. The molecule has 1 N–H and O–H groups in total. The van der Waals surface area contributed by atoms with E-state index >= 15 is 0 Å². The Hall–Kier alpha value is -1.02. The van der Waals surface area contributed by atoms with Gasteiger partial charge in [0.05, 0.1) is 12.6 Å². The molecule has 1 saturated heterocycles. The quantitative estimate of drug-likeness (QED) is 0.817. The van der Waals surface area contributed by atoms with E-state index in [0.717, 1.165) is 19.4 Å². The van der Waals surface area contributed by atoms with Crippen LogP contribution in [-0.4, -0.2) is 24.3 Å². The van der Waals surface area contributed by atoms with E-state index in [1.54, 1.807) is 0 Å². The van der Waals surface area contributed by atoms with Crippen LogP contribution < -0.4 is 4.90 Å². The van der Waals surface area contributed by atoms with Gasteiger partial charge in [-0.2, -0.15) is 0 Å². The summed E-state index contributed by atoms with van der Waals surface area (Å²) >= 11 is 0. The molecule has 15 heavy (non-hydrogen) atoms. The number of aliphatic hydroxyl groups excluding tert-OH is 1. The largest absolute Gasteiger partial charge is 0.394 e. The second kappa shape index (κ2) is 4.67. The van der Waals surface area contributed by atoms with Gasteiger partial charge in [-0.15, -0.1) is 0 Å². The van der Waals surface area contributed by atoms with Crippen molar-refractivity contribution in [3.05, 3.63) is 29.8 Å². The number of hydrogen-bond donors (Lipinski definition) is 1. The number of para-hydroxylation sites is 1. The molecule has 0 unspecified atom stereocenters. The molecule has 0 aromatic heterocycles. The molecule has 1 heterocycles. The summed E-state index contributed by atoms with van der Waals surface area (Å²) in [6.07, 6.45) is 3.38. The summed E-state index contributed by atoms with van der Waals surface area (Å²) in [6.45, 7) is 3.54. The first-order valence-corrected chi connectivity index (χ1v) is 5.82. The summed E-state index contributed by atoms with van der Waals surface area (Å²) in [4.78, 5) is 2.36. The van der Waals surface area contributed by atoms with Crippen LogP contribution in [-0.2, 0) is 6.42 Å². The van der Waals surface area contributed by atoms with Crippen LogP contribution in [0.3, 0.4) is 0 Å². The highest BCUT2D eigenvalue weighted by molar-refractivity contribution is 5.55. The van der Waals surface area contributed by atoms with Gasteiger partial charge in [0, 0.05) is 12.2 Å². The number of hydrogen-bond acceptors (Lipinski definition) is 2. The number of aliphatic hydroxyl groups is 1. The molecule has 0 amide bonds. The van der Waals surface area contributed by atoms with Crippen LogP contribution in [0.1, 0.15) is 25.3 Å². The minimum Gasteiger partial charge on any atom is -0.394 e. The molecular weight excluding hydrogens is 186 g/mol. The third-order valence-corrected chi connectivity index (χ3v) is 3.27. The minimum absolute atomic E-state index is 0.276. The third kappa shape index (κ3) is 2.00. The first-order valence-electron chi connectivity index (χ1n) is 5.82. The summed E-state index contributed by atoms with van der Waals surface area (Å²) in [7, 11) is 0. The van der Waals surface area contributed by atoms with Gasteiger partial charge >= 0.3 is 0 Å². The van der Waals surface area contributed by atoms with Crippen molar-refractivity contribution in [1.29, 1.82) is 0 Å². The third-order valence-electron chi connectivity index (χ3n) is 3.27. The maximum atomic E-state index is 9.32. The molecular formula is C13H19NO. The van der Waals surface area contributed by atoms with Gasteiger partial charge in [0.25, 0.3) is 0 Å². The van der Waals surface area contributed by atoms with Gasteiger partial charge in [0.1, 0.15) is 0 Å². The number of benzene rings is 1. The van der Waals surface area contributed by atoms with Gasteiger partial charge < -0.3 is 10.0 Å². The van der Waals surface area contributed by atoms with Crippen LogP contribution in [0.5, 0.6) is 0 Å². The fourth-order valence-electron chi connectivity index (χ4n) is 2.43. The predicted molar refractivity (Wildman–Crippen MR) is 63.3 cm³/mol. The molecule has 82 valence electrons. The molecule has 2 rings (SSSR count). The van der Waals surface area contributed by atoms with Crippen molar-refractivity contribution in [2.75, 3.05) is 18.1 Å². The molecule has 0 saturated carbocycles. The standard InChI is InChI=1S/C13H19NO/c1-2-11-6-3-4-8-13(11)14-9-5-7-12(14)10-15/h3-4,6,8,12,15H,2,5,7,9-10H2,1H3/t12-/m1/s1. The molecule has 1 fully saturated rings. The second-order valence-electron chi connectivity index (χ2n) is 4.15. The van der Waals surface area contributed by atoms with E-state index in [1.807, 2.05) is 0 Å². The van der Waals surface area contributed by atoms with Crippen LogP contribution in [0, 0.1) is 0 Å². The Morgan fingerprint density at radius 3 is 2.93 bits per heavy atom. The van der Waals surface area contributed by atoms with E-state index in [-0.39, 0.29) is 6.61 Å². The van der Waals surface area contributed by atoms with Gasteiger partial charge in [0.15, 0.2) is 0 Å². The number of anilines is 1. The van der Waals surface area contributed by atoms with E-state index < -0.39 is 0 Å². The smallest absolute Gasteiger partial charge is 0.0635 e. The number of aryl methyl sites for hydroxylation is 1. The lowest BCUT2D eigenvalue weighted by atomic mass is 10.1. The van der Waals surface area contributed by atoms with Crippen molar-refractivity contribution >= 4 is 5.69 Å². The highest BCUT2D eigenvalue weighted by Gasteiger charge is 2.24. The fraction of sp³-hybridized carbons (Fsp3) is 0.538. The average Bonchev–Trinajstić information content (AvgIpc) is 2.76. The first-order chi connectivity index (χ1) is 7.36. The SMILES string of the molecule is CCc1ccccc1N1CCC[C@@H]1CO. The Balaban J connectivity index is 2.27. The summed E-state index contributed by atoms with van der Waals surface area (Å²) in [5, 5.41) is 9.32. The van der Waals surface area contributed by atoms with Crippen molar-refractivity contribution in [2.45, 2.75) is 32.2 Å². The van der Waals surface area contributed by atoms with Crippen LogP contribution >= 0.6 is 0 Å². The Labute approximate surface area is 91.5 Å². The van der Waals surface area contributed by atoms with Gasteiger partial charge in [-0.1, -0.05) is 25.1 Å². The zero-order valence-corrected chi connectivity index (χ0v) is 9.32. The predicted octanol–water partition coefficient (Wildman–Crippen LogP) is 2.21. The Morgan fingerprint density at radius 1 is 1.40 bits per heavy atom. The molecule has 0 radical (unpaired) electrons. The first kappa shape index (κ1) is 10.5. The van der Waals surface area contributed by atoms with Crippen molar-refractivity contribution < 1.29 is 5.11 Å². The molecule has 1 aromatic carbocycles. The zero-order valence-electron chi connectivity index (χ0n) is 9.32. The molecule has 0 spiro atoms. The van der Waals surface area contributed by atoms with Crippen molar-refractivity contribution in [3.8, 4) is 0 Å². The lowest BCUT2D eigenvalue weighted by Crippen LogP contribution is -2.32. The summed E-state index contributed by atoms with van der Waals surface area (Å²) in [6, 6.07) is 8.86. The Morgan fingerprint density at radius 2 is 2.20 bits per heavy atom. The Kier molecular flexibility index (Phi) is 3.27. The summed E-state index contributed by atoms with van der Waals surface area (Å²) in [5.41, 5.74) is 2.70. The molecule has 0 aliphatic carbocycles. The number of nitrogens with zero attached hydrogens (tertiary/aromatic N) is 1. The summed E-state index contributed by atoms with van der Waals surface area (Å²) in [5.74, 6) is 0. The molecule has 1 aromatic rings. The van der Waals surface area contributed by atoms with Crippen molar-refractivity contribution in [2.24, 2.45) is 0 Å². The molecule has 1 atom stereocenters. The second-order valence-corrected chi connectivity index (χ2v) is 4.15. The van der Waals surface area contributed by atoms with E-state index in [2.05, 4.69) is 36.1 Å². The molecule has 1 aliphatic rings. The van der Waals surface area contributed by atoms with E-state index in [1.165, 1.54) is 17.7 Å². The van der Waals surface area contributed by atoms with Gasteiger partial charge in [-0.25, -0.2) is 0 Å². The summed E-state index contributed by atoms with van der Waals surface area (Å²) < 4.78 is 0. The lowest BCUT2D eigenvalue weighted by Gasteiger charge is -2.27. The maximum absolute atomic E-state index is 9.32. The van der Waals surface area contributed by atoms with E-state index in [4.69, 9.17) is 0 Å². The molecule has 2 heteroatoms. The van der Waals surface area contributed by atoms with Crippen LogP contribution in [0.2, 0.25) is 0 Å². The average molecular weight is 205 g/mol. The van der Waals surface area contributed by atoms with Gasteiger partial charge in [-0.3, -0.25) is 0 Å². The van der Waals surface area contributed by atoms with Crippen molar-refractivity contribution in [1.82, 2.24) is 0 Å². The maximum Gasteiger partial charge on any atom is 0.0635 e. The van der Waals surface area contributed by atoms with Crippen molar-refractivity contribution in [3.63, 3.8) is 0 Å². The van der Waals surface area contributed by atoms with E-state index in [0.29, 0.717) is 6.04 Å². The lowest BCUT2D eigenvalue weighted by molar-refractivity contribution is 0.266.